The quantitative estimate of drug-likeness (QED) is 0.480. The van der Waals surface area contributed by atoms with Crippen molar-refractivity contribution < 1.29 is 17.6 Å². The number of thiazole rings is 1. The Morgan fingerprint density at radius 3 is 2.67 bits per heavy atom. The Morgan fingerprint density at radius 1 is 1.30 bits per heavy atom. The lowest BCUT2D eigenvalue weighted by Gasteiger charge is -2.00. The summed E-state index contributed by atoms with van der Waals surface area (Å²) in [5.74, 6) is 0.689. The van der Waals surface area contributed by atoms with Crippen LogP contribution in [0.15, 0.2) is 56.2 Å². The highest BCUT2D eigenvalue weighted by molar-refractivity contribution is 7.89. The van der Waals surface area contributed by atoms with Crippen molar-refractivity contribution in [3.8, 4) is 11.3 Å². The van der Waals surface area contributed by atoms with Crippen LogP contribution in [0.1, 0.15) is 16.5 Å². The summed E-state index contributed by atoms with van der Waals surface area (Å²) in [6.45, 7) is 1.88. The van der Waals surface area contributed by atoms with Gasteiger partial charge in [-0.15, -0.1) is 11.3 Å². The van der Waals surface area contributed by atoms with E-state index in [-0.39, 0.29) is 17.2 Å². The molecule has 3 aromatic rings. The molecule has 2 aromatic heterocycles. The minimum absolute atomic E-state index is 0.0256. The van der Waals surface area contributed by atoms with Crippen LogP contribution in [0.4, 0.5) is 0 Å². The van der Waals surface area contributed by atoms with E-state index in [0.717, 1.165) is 5.01 Å². The lowest BCUT2D eigenvalue weighted by atomic mass is 10.2. The smallest absolute Gasteiger partial charge is 0.246 e. The fourth-order valence-electron chi connectivity index (χ4n) is 2.25. The van der Waals surface area contributed by atoms with Crippen LogP contribution in [0.3, 0.4) is 0 Å². The fraction of sp³-hybridized carbons (Fsp3) is 0.118. The van der Waals surface area contributed by atoms with E-state index < -0.39 is 10.0 Å². The minimum Gasteiger partial charge on any atom is -0.455 e. The summed E-state index contributed by atoms with van der Waals surface area (Å²) in [6.07, 6.45) is 1.54. The maximum Gasteiger partial charge on any atom is 0.246 e. The molecule has 0 aliphatic rings. The zero-order chi connectivity index (χ0) is 19.4. The van der Waals surface area contributed by atoms with Crippen molar-refractivity contribution in [2.24, 2.45) is 10.2 Å². The number of benzene rings is 1. The molecule has 0 saturated carbocycles. The molecule has 0 spiro atoms. The van der Waals surface area contributed by atoms with Crippen molar-refractivity contribution >= 4 is 33.5 Å². The molecule has 3 rings (SSSR count). The fourth-order valence-corrected chi connectivity index (χ4v) is 3.38. The maximum absolute atomic E-state index is 11.8. The SMILES string of the molecule is Cc1nc(CC(=O)NN=Cc2ccc(-c3ccc(S(N)(=O)=O)cc3)o2)cs1. The topological polar surface area (TPSA) is 128 Å². The third-order valence-electron chi connectivity index (χ3n) is 3.48. The summed E-state index contributed by atoms with van der Waals surface area (Å²) >= 11 is 1.49. The monoisotopic (exact) mass is 404 g/mol. The number of nitrogens with zero attached hydrogens (tertiary/aromatic N) is 2. The first kappa shape index (κ1) is 19.0. The summed E-state index contributed by atoms with van der Waals surface area (Å²) in [7, 11) is -3.73. The van der Waals surface area contributed by atoms with Crippen molar-refractivity contribution in [1.29, 1.82) is 0 Å². The highest BCUT2D eigenvalue weighted by Gasteiger charge is 2.09. The number of hydrogen-bond acceptors (Lipinski definition) is 7. The van der Waals surface area contributed by atoms with Crippen LogP contribution >= 0.6 is 11.3 Å². The number of hydrazone groups is 1. The standard InChI is InChI=1S/C17H16N4O4S2/c1-11-20-13(10-26-11)8-17(22)21-19-9-14-4-7-16(25-14)12-2-5-15(6-3-12)27(18,23)24/h2-7,9-10H,8H2,1H3,(H,21,22)(H2,18,23,24). The molecular formula is C17H16N4O4S2. The Kier molecular flexibility index (Phi) is 5.49. The van der Waals surface area contributed by atoms with Crippen molar-refractivity contribution in [1.82, 2.24) is 10.4 Å². The molecule has 10 heteroatoms. The number of rotatable bonds is 6. The van der Waals surface area contributed by atoms with E-state index in [1.807, 2.05) is 12.3 Å². The average molecular weight is 404 g/mol. The van der Waals surface area contributed by atoms with E-state index in [1.165, 1.54) is 29.7 Å². The molecule has 3 N–H and O–H groups in total. The molecule has 140 valence electrons. The number of aromatic nitrogens is 1. The first-order valence-electron chi connectivity index (χ1n) is 7.77. The summed E-state index contributed by atoms with van der Waals surface area (Å²) < 4.78 is 28.2. The minimum atomic E-state index is -3.73. The third kappa shape index (κ3) is 5.09. The van der Waals surface area contributed by atoms with E-state index in [0.29, 0.717) is 22.8 Å². The summed E-state index contributed by atoms with van der Waals surface area (Å²) in [4.78, 5) is 16.0. The highest BCUT2D eigenvalue weighted by atomic mass is 32.2. The van der Waals surface area contributed by atoms with Crippen molar-refractivity contribution in [3.05, 3.63) is 58.2 Å². The van der Waals surface area contributed by atoms with Crippen molar-refractivity contribution in [2.75, 3.05) is 0 Å². The van der Waals surface area contributed by atoms with Gasteiger partial charge in [-0.3, -0.25) is 4.79 Å². The molecule has 0 radical (unpaired) electrons. The predicted octanol–water partition coefficient (Wildman–Crippen LogP) is 2.05. The maximum atomic E-state index is 11.8. The van der Waals surface area contributed by atoms with E-state index in [1.54, 1.807) is 24.3 Å². The summed E-state index contributed by atoms with van der Waals surface area (Å²) in [6, 6.07) is 9.40. The molecule has 0 unspecified atom stereocenters. The number of carbonyl (C=O) groups is 1. The molecule has 0 aliphatic heterocycles. The second kappa shape index (κ2) is 7.82. The van der Waals surface area contributed by atoms with Crippen LogP contribution in [0.2, 0.25) is 0 Å². The number of furan rings is 1. The first-order chi connectivity index (χ1) is 12.8. The van der Waals surface area contributed by atoms with Gasteiger partial charge in [0.05, 0.1) is 28.2 Å². The summed E-state index contributed by atoms with van der Waals surface area (Å²) in [5.41, 5.74) is 3.80. The lowest BCUT2D eigenvalue weighted by molar-refractivity contribution is -0.120. The van der Waals surface area contributed by atoms with Crippen LogP contribution in [0.5, 0.6) is 0 Å². The number of sulfonamides is 1. The molecular weight excluding hydrogens is 388 g/mol. The van der Waals surface area contributed by atoms with Crippen molar-refractivity contribution in [2.45, 2.75) is 18.2 Å². The van der Waals surface area contributed by atoms with Gasteiger partial charge in [0, 0.05) is 10.9 Å². The van der Waals surface area contributed by atoms with Crippen molar-refractivity contribution in [3.63, 3.8) is 0 Å². The molecule has 0 bridgehead atoms. The van der Waals surface area contributed by atoms with Crippen LogP contribution in [0.25, 0.3) is 11.3 Å². The van der Waals surface area contributed by atoms with Gasteiger partial charge in [0.15, 0.2) is 0 Å². The number of nitrogens with two attached hydrogens (primary N) is 1. The Bertz CT molecular complexity index is 1080. The molecule has 1 amide bonds. The molecule has 0 saturated heterocycles. The number of aryl methyl sites for hydroxylation is 1. The van der Waals surface area contributed by atoms with Gasteiger partial charge < -0.3 is 4.42 Å². The highest BCUT2D eigenvalue weighted by Crippen LogP contribution is 2.22. The predicted molar refractivity (Wildman–Crippen MR) is 102 cm³/mol. The molecule has 1 aromatic carbocycles. The zero-order valence-corrected chi connectivity index (χ0v) is 15.9. The number of hydrogen-bond donors (Lipinski definition) is 2. The molecule has 0 aliphatic carbocycles. The van der Waals surface area contributed by atoms with Gasteiger partial charge in [0.2, 0.25) is 15.9 Å². The van der Waals surface area contributed by atoms with E-state index >= 15 is 0 Å². The molecule has 27 heavy (non-hydrogen) atoms. The zero-order valence-electron chi connectivity index (χ0n) is 14.2. The van der Waals surface area contributed by atoms with Crippen LogP contribution < -0.4 is 10.6 Å². The first-order valence-corrected chi connectivity index (χ1v) is 10.2. The average Bonchev–Trinajstić information content (AvgIpc) is 3.23. The molecule has 2 heterocycles. The van der Waals surface area contributed by atoms with Gasteiger partial charge in [-0.25, -0.2) is 24.0 Å². The lowest BCUT2D eigenvalue weighted by Crippen LogP contribution is -2.19. The normalized spacial score (nSPS) is 11.8. The van der Waals surface area contributed by atoms with Gasteiger partial charge in [0.25, 0.3) is 0 Å². The largest absolute Gasteiger partial charge is 0.455 e. The van der Waals surface area contributed by atoms with Gasteiger partial charge in [0.1, 0.15) is 11.5 Å². The third-order valence-corrected chi connectivity index (χ3v) is 5.23. The Morgan fingerprint density at radius 2 is 2.04 bits per heavy atom. The van der Waals surface area contributed by atoms with E-state index in [4.69, 9.17) is 9.56 Å². The van der Waals surface area contributed by atoms with Gasteiger partial charge in [-0.05, 0) is 43.3 Å². The van der Waals surface area contributed by atoms with Gasteiger partial charge >= 0.3 is 0 Å². The molecule has 0 fully saturated rings. The summed E-state index contributed by atoms with van der Waals surface area (Å²) in [5, 5.41) is 11.7. The Labute approximate surface area is 159 Å². The van der Waals surface area contributed by atoms with Crippen LogP contribution in [-0.4, -0.2) is 25.5 Å². The van der Waals surface area contributed by atoms with E-state index in [2.05, 4.69) is 15.5 Å². The number of amides is 1. The second-order valence-electron chi connectivity index (χ2n) is 5.60. The van der Waals surface area contributed by atoms with E-state index in [9.17, 15) is 13.2 Å². The van der Waals surface area contributed by atoms with Crippen LogP contribution in [-0.2, 0) is 21.2 Å². The van der Waals surface area contributed by atoms with Crippen LogP contribution in [0, 0.1) is 6.92 Å². The molecule has 0 atom stereocenters. The molecule has 8 nitrogen and oxygen atoms in total. The number of nitrogens with one attached hydrogen (secondary N) is 1. The number of primary sulfonamides is 1. The van der Waals surface area contributed by atoms with Gasteiger partial charge in [-0.1, -0.05) is 0 Å². The second-order valence-corrected chi connectivity index (χ2v) is 8.22. The number of carbonyl (C=O) groups excluding carboxylic acids is 1. The van der Waals surface area contributed by atoms with Gasteiger partial charge in [-0.2, -0.15) is 5.10 Å². The Balaban J connectivity index is 1.60. The Hall–Kier alpha value is -2.82.